The number of hydrogen-bond donors (Lipinski definition) is 0. The molecule has 0 aliphatic carbocycles. The molecule has 0 bridgehead atoms. The molecule has 0 saturated carbocycles. The van der Waals surface area contributed by atoms with Crippen molar-refractivity contribution in [3.05, 3.63) is 10.3 Å². The molecular weight excluding hydrogens is 186 g/mol. The number of rotatable bonds is 1. The normalized spacial score (nSPS) is 9.56. The summed E-state index contributed by atoms with van der Waals surface area (Å²) in [5.74, 6) is 0. The van der Waals surface area contributed by atoms with Gasteiger partial charge in [0.2, 0.25) is 0 Å². The van der Waals surface area contributed by atoms with E-state index in [1.165, 1.54) is 4.68 Å². The van der Waals surface area contributed by atoms with Gasteiger partial charge in [-0.2, -0.15) is 0 Å². The van der Waals surface area contributed by atoms with Crippen LogP contribution in [0.25, 0.3) is 0 Å². The largest absolute Gasteiger partial charge is 0.296 e. The number of carbonyl (C=O) groups excluding carboxylic acids is 1. The van der Waals surface area contributed by atoms with Gasteiger partial charge in [0, 0.05) is 7.05 Å². The summed E-state index contributed by atoms with van der Waals surface area (Å²) in [6, 6.07) is 0. The van der Waals surface area contributed by atoms with Gasteiger partial charge in [-0.1, -0.05) is 5.21 Å². The predicted molar refractivity (Wildman–Crippen MR) is 34.1 cm³/mol. The van der Waals surface area contributed by atoms with E-state index in [4.69, 9.17) is 0 Å². The van der Waals surface area contributed by atoms with Crippen LogP contribution in [-0.2, 0) is 7.05 Å². The zero-order valence-electron chi connectivity index (χ0n) is 4.71. The number of aromatic nitrogens is 3. The Labute approximate surface area is 60.0 Å². The molecule has 1 heterocycles. The van der Waals surface area contributed by atoms with E-state index in [9.17, 15) is 4.79 Å². The van der Waals surface area contributed by atoms with Crippen molar-refractivity contribution < 1.29 is 4.79 Å². The van der Waals surface area contributed by atoms with Crippen LogP contribution >= 0.6 is 15.9 Å². The first-order chi connectivity index (χ1) is 4.25. The quantitative estimate of drug-likeness (QED) is 0.601. The van der Waals surface area contributed by atoms with E-state index in [0.717, 1.165) is 0 Å². The molecule has 1 rings (SSSR count). The van der Waals surface area contributed by atoms with Crippen LogP contribution in [0.1, 0.15) is 10.5 Å². The molecule has 0 aliphatic heterocycles. The topological polar surface area (TPSA) is 47.8 Å². The third-order valence-electron chi connectivity index (χ3n) is 0.894. The number of aryl methyl sites for hydroxylation is 1. The second kappa shape index (κ2) is 2.26. The van der Waals surface area contributed by atoms with Gasteiger partial charge in [-0.15, -0.1) is 5.10 Å². The minimum atomic E-state index is 0.331. The molecule has 0 unspecified atom stereocenters. The first kappa shape index (κ1) is 6.41. The minimum absolute atomic E-state index is 0.331. The molecule has 0 N–H and O–H groups in total. The van der Waals surface area contributed by atoms with E-state index < -0.39 is 0 Å². The van der Waals surface area contributed by atoms with Crippen molar-refractivity contribution >= 4 is 22.2 Å². The van der Waals surface area contributed by atoms with Gasteiger partial charge in [-0.25, -0.2) is 4.68 Å². The summed E-state index contributed by atoms with van der Waals surface area (Å²) in [5, 5.41) is 7.11. The highest BCUT2D eigenvalue weighted by atomic mass is 79.9. The SMILES string of the molecule is Cn1nnc(C=O)c1Br. The Bertz CT molecular complexity index is 232. The van der Waals surface area contributed by atoms with Gasteiger partial charge >= 0.3 is 0 Å². The molecule has 0 fully saturated rings. The number of carbonyl (C=O) groups is 1. The van der Waals surface area contributed by atoms with Crippen molar-refractivity contribution in [3.63, 3.8) is 0 Å². The summed E-state index contributed by atoms with van der Waals surface area (Å²) in [5.41, 5.74) is 0.331. The molecule has 0 radical (unpaired) electrons. The Morgan fingerprint density at radius 2 is 2.44 bits per heavy atom. The third-order valence-corrected chi connectivity index (χ3v) is 1.81. The van der Waals surface area contributed by atoms with E-state index in [2.05, 4.69) is 26.2 Å². The molecule has 1 aromatic rings. The van der Waals surface area contributed by atoms with Crippen LogP contribution in [-0.4, -0.2) is 21.3 Å². The maximum Gasteiger partial charge on any atom is 0.173 e. The summed E-state index contributed by atoms with van der Waals surface area (Å²) < 4.78 is 2.08. The van der Waals surface area contributed by atoms with Crippen molar-refractivity contribution in [1.82, 2.24) is 15.0 Å². The van der Waals surface area contributed by atoms with E-state index in [1.807, 2.05) is 0 Å². The maximum absolute atomic E-state index is 10.1. The summed E-state index contributed by atoms with van der Waals surface area (Å²) in [7, 11) is 1.70. The average molecular weight is 190 g/mol. The standard InChI is InChI=1S/C4H4BrN3O/c1-8-4(5)3(2-9)6-7-8/h2H,1H3. The molecule has 48 valence electrons. The Balaban J connectivity index is 3.18. The lowest BCUT2D eigenvalue weighted by atomic mass is 10.5. The van der Waals surface area contributed by atoms with Gasteiger partial charge in [-0.3, -0.25) is 4.79 Å². The molecule has 0 spiro atoms. The Hall–Kier alpha value is -0.710. The van der Waals surface area contributed by atoms with Crippen molar-refractivity contribution in [2.24, 2.45) is 7.05 Å². The minimum Gasteiger partial charge on any atom is -0.296 e. The summed E-state index contributed by atoms with van der Waals surface area (Å²) in [4.78, 5) is 10.1. The summed E-state index contributed by atoms with van der Waals surface area (Å²) >= 11 is 3.12. The van der Waals surface area contributed by atoms with Crippen molar-refractivity contribution in [3.8, 4) is 0 Å². The molecule has 0 amide bonds. The van der Waals surface area contributed by atoms with Gasteiger partial charge in [0.1, 0.15) is 4.60 Å². The highest BCUT2D eigenvalue weighted by Gasteiger charge is 2.03. The highest BCUT2D eigenvalue weighted by Crippen LogP contribution is 2.08. The van der Waals surface area contributed by atoms with Crippen LogP contribution in [0.4, 0.5) is 0 Å². The first-order valence-corrected chi connectivity index (χ1v) is 3.05. The fraction of sp³-hybridized carbons (Fsp3) is 0.250. The average Bonchev–Trinajstić information content (AvgIpc) is 2.15. The van der Waals surface area contributed by atoms with Gasteiger partial charge in [0.15, 0.2) is 12.0 Å². The zero-order chi connectivity index (χ0) is 6.85. The zero-order valence-corrected chi connectivity index (χ0v) is 6.29. The molecule has 0 saturated heterocycles. The van der Waals surface area contributed by atoms with Gasteiger partial charge < -0.3 is 0 Å². The van der Waals surface area contributed by atoms with Crippen LogP contribution < -0.4 is 0 Å². The van der Waals surface area contributed by atoms with E-state index in [1.54, 1.807) is 7.05 Å². The van der Waals surface area contributed by atoms with E-state index >= 15 is 0 Å². The molecule has 4 nitrogen and oxygen atoms in total. The van der Waals surface area contributed by atoms with Crippen LogP contribution in [0.2, 0.25) is 0 Å². The number of aldehydes is 1. The molecule has 9 heavy (non-hydrogen) atoms. The third kappa shape index (κ3) is 0.999. The monoisotopic (exact) mass is 189 g/mol. The Morgan fingerprint density at radius 3 is 2.67 bits per heavy atom. The molecule has 0 aliphatic rings. The van der Waals surface area contributed by atoms with Crippen LogP contribution in [0.15, 0.2) is 4.60 Å². The molecule has 1 aromatic heterocycles. The number of hydrogen-bond acceptors (Lipinski definition) is 3. The summed E-state index contributed by atoms with van der Waals surface area (Å²) in [6.45, 7) is 0. The lowest BCUT2D eigenvalue weighted by molar-refractivity contribution is 0.111. The lowest BCUT2D eigenvalue weighted by Gasteiger charge is -1.84. The molecular formula is C4H4BrN3O. The first-order valence-electron chi connectivity index (χ1n) is 2.26. The fourth-order valence-corrected chi connectivity index (χ4v) is 0.677. The van der Waals surface area contributed by atoms with Crippen LogP contribution in [0, 0.1) is 0 Å². The van der Waals surface area contributed by atoms with Gasteiger partial charge in [0.25, 0.3) is 0 Å². The van der Waals surface area contributed by atoms with Crippen molar-refractivity contribution in [1.29, 1.82) is 0 Å². The predicted octanol–water partition coefficient (Wildman–Crippen LogP) is 0.390. The molecule has 0 aromatic carbocycles. The highest BCUT2D eigenvalue weighted by molar-refractivity contribution is 9.10. The smallest absolute Gasteiger partial charge is 0.173 e. The second-order valence-electron chi connectivity index (χ2n) is 1.51. The van der Waals surface area contributed by atoms with Crippen LogP contribution in [0.5, 0.6) is 0 Å². The number of nitrogens with zero attached hydrogens (tertiary/aromatic N) is 3. The van der Waals surface area contributed by atoms with Crippen molar-refractivity contribution in [2.45, 2.75) is 0 Å². The Kier molecular flexibility index (Phi) is 1.61. The van der Waals surface area contributed by atoms with Crippen molar-refractivity contribution in [2.75, 3.05) is 0 Å². The van der Waals surface area contributed by atoms with E-state index in [0.29, 0.717) is 16.6 Å². The van der Waals surface area contributed by atoms with Gasteiger partial charge in [-0.05, 0) is 15.9 Å². The lowest BCUT2D eigenvalue weighted by Crippen LogP contribution is -1.89. The van der Waals surface area contributed by atoms with Gasteiger partial charge in [0.05, 0.1) is 0 Å². The van der Waals surface area contributed by atoms with Crippen LogP contribution in [0.3, 0.4) is 0 Å². The summed E-state index contributed by atoms with van der Waals surface area (Å²) in [6.07, 6.45) is 0.650. The molecule has 0 atom stereocenters. The van der Waals surface area contributed by atoms with E-state index in [-0.39, 0.29) is 0 Å². The maximum atomic E-state index is 10.1. The number of halogens is 1. The molecule has 5 heteroatoms. The fourth-order valence-electron chi connectivity index (χ4n) is 0.434. The second-order valence-corrected chi connectivity index (χ2v) is 2.26. The Morgan fingerprint density at radius 1 is 1.78 bits per heavy atom.